The van der Waals surface area contributed by atoms with Crippen molar-refractivity contribution in [2.45, 2.75) is 44.0 Å². The molecule has 0 spiro atoms. The number of fused-ring (bicyclic) bond motifs is 1. The van der Waals surface area contributed by atoms with Crippen LogP contribution in [0.4, 0.5) is 10.1 Å². The van der Waals surface area contributed by atoms with Crippen molar-refractivity contribution in [1.82, 2.24) is 4.72 Å². The molecule has 0 bridgehead atoms. The molecule has 1 aliphatic heterocycles. The quantitative estimate of drug-likeness (QED) is 0.587. The molecule has 0 radical (unpaired) electrons. The summed E-state index contributed by atoms with van der Waals surface area (Å²) in [4.78, 5) is 14.7. The van der Waals surface area contributed by atoms with Crippen LogP contribution in [0.5, 0.6) is 0 Å². The Morgan fingerprint density at radius 3 is 2.30 bits per heavy atom. The zero-order valence-electron chi connectivity index (χ0n) is 18.9. The number of carbonyl (C=O) groups is 1. The van der Waals surface area contributed by atoms with Gasteiger partial charge in [0.1, 0.15) is 5.82 Å². The van der Waals surface area contributed by atoms with Crippen molar-refractivity contribution >= 4 is 21.6 Å². The van der Waals surface area contributed by atoms with E-state index in [0.29, 0.717) is 18.5 Å². The number of nitrogens with zero attached hydrogens (tertiary/aromatic N) is 1. The third kappa shape index (κ3) is 4.99. The van der Waals surface area contributed by atoms with Crippen molar-refractivity contribution in [3.05, 3.63) is 94.8 Å². The largest absolute Gasteiger partial charge is 0.308 e. The van der Waals surface area contributed by atoms with E-state index in [-0.39, 0.29) is 28.6 Å². The van der Waals surface area contributed by atoms with Gasteiger partial charge in [-0.15, -0.1) is 0 Å². The second kappa shape index (κ2) is 8.72. The van der Waals surface area contributed by atoms with Crippen molar-refractivity contribution in [3.8, 4) is 0 Å². The van der Waals surface area contributed by atoms with E-state index in [2.05, 4.69) is 25.5 Å². The van der Waals surface area contributed by atoms with Crippen LogP contribution in [0.15, 0.2) is 71.6 Å². The van der Waals surface area contributed by atoms with E-state index in [1.807, 2.05) is 30.3 Å². The summed E-state index contributed by atoms with van der Waals surface area (Å²) in [6, 6.07) is 18.0. The van der Waals surface area contributed by atoms with Crippen molar-refractivity contribution in [2.24, 2.45) is 0 Å². The molecule has 33 heavy (non-hydrogen) atoms. The number of anilines is 1. The number of halogens is 1. The maximum atomic E-state index is 13.2. The van der Waals surface area contributed by atoms with E-state index >= 15 is 0 Å². The van der Waals surface area contributed by atoms with Gasteiger partial charge in [-0.05, 0) is 71.0 Å². The standard InChI is InChI=1S/C26H27FN2O3S/c1-26(2,3)21-7-11-23(12-8-21)33(31,32)28-17-18-4-13-24-20(16-18)14-15-29(24)25(30)19-5-9-22(27)10-6-19/h4-13,16,28H,14-15,17H2,1-3H3. The summed E-state index contributed by atoms with van der Waals surface area (Å²) in [5.74, 6) is -0.563. The number of rotatable bonds is 5. The van der Waals surface area contributed by atoms with E-state index in [1.54, 1.807) is 17.0 Å². The third-order valence-electron chi connectivity index (χ3n) is 5.87. The number of hydrogen-bond acceptors (Lipinski definition) is 3. The van der Waals surface area contributed by atoms with Gasteiger partial charge in [0, 0.05) is 24.3 Å². The van der Waals surface area contributed by atoms with Gasteiger partial charge < -0.3 is 4.90 Å². The fourth-order valence-corrected chi connectivity index (χ4v) is 4.94. The van der Waals surface area contributed by atoms with Crippen molar-refractivity contribution < 1.29 is 17.6 Å². The summed E-state index contributed by atoms with van der Waals surface area (Å²) in [5.41, 5.74) is 4.05. The highest BCUT2D eigenvalue weighted by molar-refractivity contribution is 7.89. The molecule has 3 aromatic rings. The topological polar surface area (TPSA) is 66.5 Å². The van der Waals surface area contributed by atoms with Gasteiger partial charge in [-0.1, -0.05) is 45.0 Å². The first-order valence-corrected chi connectivity index (χ1v) is 12.3. The van der Waals surface area contributed by atoms with Gasteiger partial charge in [-0.25, -0.2) is 17.5 Å². The molecular weight excluding hydrogens is 439 g/mol. The van der Waals surface area contributed by atoms with Crippen LogP contribution in [-0.4, -0.2) is 20.9 Å². The predicted molar refractivity (Wildman–Crippen MR) is 127 cm³/mol. The first kappa shape index (κ1) is 23.1. The number of nitrogens with one attached hydrogen (secondary N) is 1. The van der Waals surface area contributed by atoms with Crippen LogP contribution in [0, 0.1) is 5.82 Å². The number of sulfonamides is 1. The first-order valence-electron chi connectivity index (χ1n) is 10.8. The summed E-state index contributed by atoms with van der Waals surface area (Å²) >= 11 is 0. The molecule has 5 nitrogen and oxygen atoms in total. The van der Waals surface area contributed by atoms with Crippen molar-refractivity contribution in [2.75, 3.05) is 11.4 Å². The molecule has 0 unspecified atom stereocenters. The van der Waals surface area contributed by atoms with Crippen LogP contribution in [0.25, 0.3) is 0 Å². The fourth-order valence-electron chi connectivity index (χ4n) is 3.92. The zero-order chi connectivity index (χ0) is 23.8. The number of benzene rings is 3. The monoisotopic (exact) mass is 466 g/mol. The van der Waals surface area contributed by atoms with Crippen LogP contribution in [0.2, 0.25) is 0 Å². The second-order valence-corrected chi connectivity index (χ2v) is 11.0. The average Bonchev–Trinajstić information content (AvgIpc) is 3.20. The van der Waals surface area contributed by atoms with Gasteiger partial charge >= 0.3 is 0 Å². The molecule has 1 aliphatic rings. The fraction of sp³-hybridized carbons (Fsp3) is 0.269. The molecule has 0 atom stereocenters. The Morgan fingerprint density at radius 2 is 1.67 bits per heavy atom. The first-order chi connectivity index (χ1) is 15.5. The highest BCUT2D eigenvalue weighted by atomic mass is 32.2. The molecule has 7 heteroatoms. The average molecular weight is 467 g/mol. The van der Waals surface area contributed by atoms with Gasteiger partial charge in [0.25, 0.3) is 5.91 Å². The molecule has 4 rings (SSSR count). The van der Waals surface area contributed by atoms with Crippen LogP contribution in [0.3, 0.4) is 0 Å². The van der Waals surface area contributed by atoms with Gasteiger partial charge in [-0.3, -0.25) is 4.79 Å². The highest BCUT2D eigenvalue weighted by Crippen LogP contribution is 2.30. The molecule has 0 saturated heterocycles. The van der Waals surface area contributed by atoms with E-state index in [4.69, 9.17) is 0 Å². The Balaban J connectivity index is 1.45. The number of amides is 1. The minimum atomic E-state index is -3.64. The van der Waals surface area contributed by atoms with Crippen LogP contribution in [-0.2, 0) is 28.4 Å². The smallest absolute Gasteiger partial charge is 0.258 e. The summed E-state index contributed by atoms with van der Waals surface area (Å²) in [6.07, 6.45) is 0.678. The molecule has 0 fully saturated rings. The summed E-state index contributed by atoms with van der Waals surface area (Å²) in [6.45, 7) is 6.92. The predicted octanol–water partition coefficient (Wildman–Crippen LogP) is 4.80. The molecule has 3 aromatic carbocycles. The second-order valence-electron chi connectivity index (χ2n) is 9.28. The maximum absolute atomic E-state index is 13.2. The zero-order valence-corrected chi connectivity index (χ0v) is 19.7. The SMILES string of the molecule is CC(C)(C)c1ccc(S(=O)(=O)NCc2ccc3c(c2)CCN3C(=O)c2ccc(F)cc2)cc1. The Bertz CT molecular complexity index is 1280. The van der Waals surface area contributed by atoms with Crippen molar-refractivity contribution in [3.63, 3.8) is 0 Å². The van der Waals surface area contributed by atoms with Gasteiger partial charge in [0.15, 0.2) is 0 Å². The summed E-state index contributed by atoms with van der Waals surface area (Å²) in [7, 11) is -3.64. The van der Waals surface area contributed by atoms with E-state index in [1.165, 1.54) is 24.3 Å². The maximum Gasteiger partial charge on any atom is 0.258 e. The Kier molecular flexibility index (Phi) is 6.12. The molecule has 172 valence electrons. The Morgan fingerprint density at radius 1 is 1.00 bits per heavy atom. The Hall–Kier alpha value is -3.03. The van der Waals surface area contributed by atoms with E-state index < -0.39 is 10.0 Å². The minimum Gasteiger partial charge on any atom is -0.308 e. The van der Waals surface area contributed by atoms with Crippen LogP contribution < -0.4 is 9.62 Å². The van der Waals surface area contributed by atoms with Crippen LogP contribution >= 0.6 is 0 Å². The number of hydrogen-bond donors (Lipinski definition) is 1. The molecular formula is C26H27FN2O3S. The third-order valence-corrected chi connectivity index (χ3v) is 7.29. The van der Waals surface area contributed by atoms with Gasteiger partial charge in [0.05, 0.1) is 4.90 Å². The molecule has 0 aliphatic carbocycles. The highest BCUT2D eigenvalue weighted by Gasteiger charge is 2.26. The molecule has 1 heterocycles. The molecule has 0 saturated carbocycles. The lowest BCUT2D eigenvalue weighted by atomic mass is 9.87. The van der Waals surface area contributed by atoms with Crippen LogP contribution in [0.1, 0.15) is 47.8 Å². The lowest BCUT2D eigenvalue weighted by Crippen LogP contribution is -2.28. The molecule has 1 N–H and O–H groups in total. The van der Waals surface area contributed by atoms with Gasteiger partial charge in [0.2, 0.25) is 10.0 Å². The van der Waals surface area contributed by atoms with Crippen molar-refractivity contribution in [1.29, 1.82) is 0 Å². The van der Waals surface area contributed by atoms with Gasteiger partial charge in [-0.2, -0.15) is 0 Å². The van der Waals surface area contributed by atoms with E-state index in [9.17, 15) is 17.6 Å². The lowest BCUT2D eigenvalue weighted by molar-refractivity contribution is 0.0989. The van der Waals surface area contributed by atoms with E-state index in [0.717, 1.165) is 22.4 Å². The summed E-state index contributed by atoms with van der Waals surface area (Å²) < 4.78 is 41.3. The number of carbonyl (C=O) groups excluding carboxylic acids is 1. The molecule has 1 amide bonds. The molecule has 0 aromatic heterocycles. The normalized spacial score (nSPS) is 13.8. The lowest BCUT2D eigenvalue weighted by Gasteiger charge is -2.19. The minimum absolute atomic E-state index is 0.0495. The summed E-state index contributed by atoms with van der Waals surface area (Å²) in [5, 5.41) is 0. The Labute approximate surface area is 194 Å².